The molecule has 0 aliphatic rings. The zero-order chi connectivity index (χ0) is 13.5. The van der Waals surface area contributed by atoms with Gasteiger partial charge in [0.1, 0.15) is 0 Å². The molecule has 0 aliphatic heterocycles. The van der Waals surface area contributed by atoms with Crippen molar-refractivity contribution >= 4 is 5.71 Å². The van der Waals surface area contributed by atoms with E-state index in [1.54, 1.807) is 18.5 Å². The molecule has 0 amide bonds. The number of aromatic nitrogens is 2. The quantitative estimate of drug-likeness (QED) is 0.776. The minimum atomic E-state index is 0.746. The molecule has 3 heteroatoms. The summed E-state index contributed by atoms with van der Waals surface area (Å²) in [5.41, 5.74) is 3.21. The number of aliphatic imine (C=N–C) groups is 1. The summed E-state index contributed by atoms with van der Waals surface area (Å²) in [7, 11) is 0. The second-order valence-corrected chi connectivity index (χ2v) is 3.82. The Kier molecular flexibility index (Phi) is 4.34. The van der Waals surface area contributed by atoms with Gasteiger partial charge in [0.2, 0.25) is 0 Å². The van der Waals surface area contributed by atoms with E-state index in [0.29, 0.717) is 0 Å². The molecule has 0 aliphatic carbocycles. The topological polar surface area (TPSA) is 38.1 Å². The molecule has 2 heterocycles. The van der Waals surface area contributed by atoms with Crippen LogP contribution in [0.25, 0.3) is 11.4 Å². The van der Waals surface area contributed by atoms with Crippen LogP contribution in [0, 0.1) is 0 Å². The van der Waals surface area contributed by atoms with Crippen LogP contribution in [0.5, 0.6) is 0 Å². The average molecular weight is 249 g/mol. The van der Waals surface area contributed by atoms with Gasteiger partial charge in [-0.2, -0.15) is 0 Å². The highest BCUT2D eigenvalue weighted by atomic mass is 14.8. The highest BCUT2D eigenvalue weighted by Crippen LogP contribution is 2.14. The number of allylic oxidation sites excluding steroid dienone is 2. The maximum absolute atomic E-state index is 4.57. The molecule has 0 atom stereocenters. The van der Waals surface area contributed by atoms with Crippen molar-refractivity contribution in [3.8, 4) is 11.4 Å². The van der Waals surface area contributed by atoms with Gasteiger partial charge < -0.3 is 0 Å². The predicted molar refractivity (Wildman–Crippen MR) is 79.0 cm³/mol. The Bertz CT molecular complexity index is 613. The molecule has 0 N–H and O–H groups in total. The molecule has 0 saturated heterocycles. The normalized spacial score (nSPS) is 11.7. The number of hydrogen-bond donors (Lipinski definition) is 0. The zero-order valence-corrected chi connectivity index (χ0v) is 10.8. The van der Waals surface area contributed by atoms with Crippen LogP contribution < -0.4 is 0 Å². The minimum absolute atomic E-state index is 0.746. The third-order valence-corrected chi connectivity index (χ3v) is 2.49. The fourth-order valence-electron chi connectivity index (χ4n) is 1.61. The molecular formula is C16H15N3. The Balaban J connectivity index is 2.42. The van der Waals surface area contributed by atoms with Crippen LogP contribution in [0.1, 0.15) is 12.6 Å². The van der Waals surface area contributed by atoms with E-state index in [9.17, 15) is 0 Å². The van der Waals surface area contributed by atoms with Crippen molar-refractivity contribution in [2.24, 2.45) is 4.99 Å². The summed E-state index contributed by atoms with van der Waals surface area (Å²) in [6.07, 6.45) is 7.05. The third-order valence-electron chi connectivity index (χ3n) is 2.49. The van der Waals surface area contributed by atoms with E-state index in [1.165, 1.54) is 0 Å². The van der Waals surface area contributed by atoms with E-state index in [2.05, 4.69) is 21.5 Å². The molecule has 2 aromatic heterocycles. The molecule has 0 fully saturated rings. The number of nitrogens with zero attached hydrogens (tertiary/aromatic N) is 3. The highest BCUT2D eigenvalue weighted by Gasteiger charge is 2.04. The molecule has 0 radical (unpaired) electrons. The molecular weight excluding hydrogens is 234 g/mol. The molecule has 0 unspecified atom stereocenters. The van der Waals surface area contributed by atoms with E-state index >= 15 is 0 Å². The molecule has 19 heavy (non-hydrogen) atoms. The van der Waals surface area contributed by atoms with Crippen LogP contribution in [-0.2, 0) is 0 Å². The maximum atomic E-state index is 4.57. The first-order valence-electron chi connectivity index (χ1n) is 6.05. The maximum Gasteiger partial charge on any atom is 0.0894 e. The van der Waals surface area contributed by atoms with Gasteiger partial charge in [0, 0.05) is 12.4 Å². The lowest BCUT2D eigenvalue weighted by Gasteiger charge is -2.03. The predicted octanol–water partition coefficient (Wildman–Crippen LogP) is 3.65. The van der Waals surface area contributed by atoms with Crippen LogP contribution in [0.4, 0.5) is 0 Å². The molecule has 0 spiro atoms. The van der Waals surface area contributed by atoms with Crippen molar-refractivity contribution in [3.63, 3.8) is 0 Å². The van der Waals surface area contributed by atoms with E-state index in [-0.39, 0.29) is 0 Å². The van der Waals surface area contributed by atoms with E-state index in [4.69, 9.17) is 0 Å². The first-order chi connectivity index (χ1) is 9.35. The average Bonchev–Trinajstić information content (AvgIpc) is 2.49. The van der Waals surface area contributed by atoms with Gasteiger partial charge in [-0.15, -0.1) is 0 Å². The smallest absolute Gasteiger partial charge is 0.0894 e. The lowest BCUT2D eigenvalue weighted by Crippen LogP contribution is -2.00. The summed E-state index contributed by atoms with van der Waals surface area (Å²) in [6.45, 7) is 5.69. The number of pyridine rings is 2. The summed E-state index contributed by atoms with van der Waals surface area (Å²) in [6, 6.07) is 11.6. The second kappa shape index (κ2) is 6.40. The monoisotopic (exact) mass is 249 g/mol. The van der Waals surface area contributed by atoms with Crippen molar-refractivity contribution < 1.29 is 0 Å². The summed E-state index contributed by atoms with van der Waals surface area (Å²) >= 11 is 0. The zero-order valence-electron chi connectivity index (χ0n) is 10.8. The number of hydrogen-bond acceptors (Lipinski definition) is 3. The molecule has 0 saturated carbocycles. The molecule has 0 bridgehead atoms. The Morgan fingerprint density at radius 2 is 2.00 bits per heavy atom. The lowest BCUT2D eigenvalue weighted by atomic mass is 10.2. The Labute approximate surface area is 113 Å². The van der Waals surface area contributed by atoms with Crippen LogP contribution in [0.15, 0.2) is 72.5 Å². The van der Waals surface area contributed by atoms with Gasteiger partial charge in [-0.25, -0.2) is 4.98 Å². The molecule has 2 aromatic rings. The van der Waals surface area contributed by atoms with Gasteiger partial charge in [0.25, 0.3) is 0 Å². The fourth-order valence-corrected chi connectivity index (χ4v) is 1.61. The molecule has 0 aromatic carbocycles. The SMILES string of the molecule is C=CC(=N/C=C\C)c1cccc(-c2ccccn2)n1. The fraction of sp³-hybridized carbons (Fsp3) is 0.0625. The Hall–Kier alpha value is -2.55. The number of rotatable bonds is 4. The minimum Gasteiger partial charge on any atom is -0.255 e. The van der Waals surface area contributed by atoms with Gasteiger partial charge in [-0.05, 0) is 37.3 Å². The van der Waals surface area contributed by atoms with Crippen LogP contribution in [-0.4, -0.2) is 15.7 Å². The van der Waals surface area contributed by atoms with Crippen LogP contribution in [0.3, 0.4) is 0 Å². The van der Waals surface area contributed by atoms with Gasteiger partial charge in [0.05, 0.1) is 22.8 Å². The van der Waals surface area contributed by atoms with Crippen molar-refractivity contribution in [2.75, 3.05) is 0 Å². The highest BCUT2D eigenvalue weighted by molar-refractivity contribution is 6.07. The Morgan fingerprint density at radius 1 is 1.16 bits per heavy atom. The molecule has 3 nitrogen and oxygen atoms in total. The van der Waals surface area contributed by atoms with Gasteiger partial charge in [-0.3, -0.25) is 9.98 Å². The molecule has 2 rings (SSSR count). The van der Waals surface area contributed by atoms with E-state index in [1.807, 2.05) is 49.4 Å². The van der Waals surface area contributed by atoms with E-state index < -0.39 is 0 Å². The first-order valence-corrected chi connectivity index (χ1v) is 6.05. The van der Waals surface area contributed by atoms with Crippen molar-refractivity contribution in [1.29, 1.82) is 0 Å². The Morgan fingerprint density at radius 3 is 2.68 bits per heavy atom. The molecule has 94 valence electrons. The summed E-state index contributed by atoms with van der Waals surface area (Å²) in [5, 5.41) is 0. The summed E-state index contributed by atoms with van der Waals surface area (Å²) in [4.78, 5) is 13.2. The largest absolute Gasteiger partial charge is 0.255 e. The second-order valence-electron chi connectivity index (χ2n) is 3.82. The summed E-state index contributed by atoms with van der Waals surface area (Å²) in [5.74, 6) is 0. The standard InChI is InChI=1S/C16H15N3/c1-3-11-17-13(4-2)15-9-7-10-16(19-15)14-8-5-6-12-18-14/h3-12H,2H2,1H3/b11-3-,17-13?. The van der Waals surface area contributed by atoms with Crippen molar-refractivity contribution in [1.82, 2.24) is 9.97 Å². The first kappa shape index (κ1) is 12.9. The van der Waals surface area contributed by atoms with E-state index in [0.717, 1.165) is 22.8 Å². The lowest BCUT2D eigenvalue weighted by molar-refractivity contribution is 1.23. The third kappa shape index (κ3) is 3.22. The van der Waals surface area contributed by atoms with Crippen LogP contribution in [0.2, 0.25) is 0 Å². The van der Waals surface area contributed by atoms with Gasteiger partial charge >= 0.3 is 0 Å². The van der Waals surface area contributed by atoms with Crippen molar-refractivity contribution in [3.05, 3.63) is 73.2 Å². The van der Waals surface area contributed by atoms with Crippen molar-refractivity contribution in [2.45, 2.75) is 6.92 Å². The summed E-state index contributed by atoms with van der Waals surface area (Å²) < 4.78 is 0. The van der Waals surface area contributed by atoms with Crippen LogP contribution >= 0.6 is 0 Å². The van der Waals surface area contributed by atoms with Gasteiger partial charge in [0.15, 0.2) is 0 Å². The van der Waals surface area contributed by atoms with Gasteiger partial charge in [-0.1, -0.05) is 24.8 Å².